The van der Waals surface area contributed by atoms with Crippen LogP contribution in [0.5, 0.6) is 0 Å². The Balaban J connectivity index is 1.14. The Labute approximate surface area is 233 Å². The fraction of sp³-hybridized carbons (Fsp3) is 0.344. The molecule has 2 aliphatic rings. The summed E-state index contributed by atoms with van der Waals surface area (Å²) in [6.07, 6.45) is -0.508. The molecule has 2 amide bonds. The van der Waals surface area contributed by atoms with E-state index in [-0.39, 0.29) is 38.0 Å². The molecule has 1 saturated carbocycles. The second-order valence-electron chi connectivity index (χ2n) is 11.5. The van der Waals surface area contributed by atoms with Crippen molar-refractivity contribution < 1.29 is 29.0 Å². The topological polar surface area (TPSA) is 114 Å². The highest BCUT2D eigenvalue weighted by atomic mass is 16.6. The number of carbonyl (C=O) groups excluding carboxylic acids is 2. The van der Waals surface area contributed by atoms with Crippen molar-refractivity contribution >= 4 is 18.2 Å². The van der Waals surface area contributed by atoms with Crippen LogP contribution in [0.25, 0.3) is 11.1 Å². The number of carbonyl (C=O) groups is 3. The summed E-state index contributed by atoms with van der Waals surface area (Å²) >= 11 is 0. The van der Waals surface area contributed by atoms with E-state index in [2.05, 4.69) is 34.9 Å². The zero-order valence-electron chi connectivity index (χ0n) is 22.9. The Kier molecular flexibility index (Phi) is 7.27. The van der Waals surface area contributed by atoms with Gasteiger partial charge in [-0.15, -0.1) is 0 Å². The maximum atomic E-state index is 12.5. The van der Waals surface area contributed by atoms with Crippen LogP contribution in [-0.4, -0.2) is 41.5 Å². The maximum absolute atomic E-state index is 12.5. The van der Waals surface area contributed by atoms with Crippen LogP contribution in [0.2, 0.25) is 0 Å². The van der Waals surface area contributed by atoms with Gasteiger partial charge in [0, 0.05) is 18.5 Å². The van der Waals surface area contributed by atoms with Crippen molar-refractivity contribution in [1.82, 2.24) is 10.6 Å². The van der Waals surface area contributed by atoms with Crippen molar-refractivity contribution in [3.8, 4) is 11.1 Å². The fourth-order valence-corrected chi connectivity index (χ4v) is 5.66. The van der Waals surface area contributed by atoms with Gasteiger partial charge in [-0.25, -0.2) is 9.59 Å². The second kappa shape index (κ2) is 10.7. The van der Waals surface area contributed by atoms with Gasteiger partial charge in [-0.3, -0.25) is 4.79 Å². The van der Waals surface area contributed by atoms with Crippen LogP contribution in [0, 0.1) is 0 Å². The molecule has 0 atom stereocenters. The summed E-state index contributed by atoms with van der Waals surface area (Å²) in [5.41, 5.74) is 4.43. The van der Waals surface area contributed by atoms with Crippen molar-refractivity contribution in [3.05, 3.63) is 95.1 Å². The molecule has 0 aromatic heterocycles. The lowest BCUT2D eigenvalue weighted by atomic mass is 9.61. The van der Waals surface area contributed by atoms with Crippen molar-refractivity contribution in [1.29, 1.82) is 0 Å². The molecule has 0 aliphatic heterocycles. The monoisotopic (exact) mass is 542 g/mol. The number of alkyl carbamates (subject to hydrolysis) is 2. The predicted octanol–water partition coefficient (Wildman–Crippen LogP) is 5.73. The normalized spacial score (nSPS) is 19.5. The number of carboxylic acid groups (broad SMARTS) is 1. The first-order valence-corrected chi connectivity index (χ1v) is 13.5. The number of amides is 2. The summed E-state index contributed by atoms with van der Waals surface area (Å²) in [6.45, 7) is 5.81. The number of aliphatic carboxylic acids is 1. The summed E-state index contributed by atoms with van der Waals surface area (Å²) in [5.74, 6) is -0.944. The number of fused-ring (bicyclic) bond motifs is 3. The van der Waals surface area contributed by atoms with E-state index in [4.69, 9.17) is 9.47 Å². The molecule has 5 rings (SSSR count). The first-order chi connectivity index (χ1) is 19.1. The van der Waals surface area contributed by atoms with E-state index >= 15 is 0 Å². The standard InChI is InChI=1S/C32H34N2O6/c1-31(2,3)40-30(38)34-22-16-32(17-22,28(35)36)21-14-12-20(13-15-21)18-33-29(37)39-19-27-25-10-6-4-8-23(25)24-9-5-7-11-26(24)27/h4-15,22,27H,16-19H2,1-3H3,(H,33,37)(H,34,38)(H,35,36). The Hall–Kier alpha value is -4.33. The first-order valence-electron chi connectivity index (χ1n) is 13.5. The Morgan fingerprint density at radius 2 is 1.45 bits per heavy atom. The zero-order valence-corrected chi connectivity index (χ0v) is 22.9. The number of benzene rings is 3. The highest BCUT2D eigenvalue weighted by Gasteiger charge is 2.52. The second-order valence-corrected chi connectivity index (χ2v) is 11.5. The summed E-state index contributed by atoms with van der Waals surface area (Å²) in [6, 6.07) is 23.2. The molecule has 0 saturated heterocycles. The molecule has 8 heteroatoms. The van der Waals surface area contributed by atoms with Crippen LogP contribution in [0.4, 0.5) is 9.59 Å². The van der Waals surface area contributed by atoms with E-state index in [1.807, 2.05) is 24.3 Å². The van der Waals surface area contributed by atoms with Gasteiger partial charge in [0.25, 0.3) is 0 Å². The summed E-state index contributed by atoms with van der Waals surface area (Å²) in [7, 11) is 0. The minimum Gasteiger partial charge on any atom is -0.481 e. The lowest BCUT2D eigenvalue weighted by molar-refractivity contribution is -0.148. The van der Waals surface area contributed by atoms with Crippen LogP contribution in [0.1, 0.15) is 61.8 Å². The average Bonchev–Trinajstić information content (AvgIpc) is 3.21. The molecule has 0 spiro atoms. The van der Waals surface area contributed by atoms with E-state index in [0.717, 1.165) is 16.7 Å². The van der Waals surface area contributed by atoms with E-state index < -0.39 is 29.2 Å². The number of carboxylic acids is 1. The number of hydrogen-bond acceptors (Lipinski definition) is 5. The quantitative estimate of drug-likeness (QED) is 0.351. The van der Waals surface area contributed by atoms with Crippen LogP contribution < -0.4 is 10.6 Å². The van der Waals surface area contributed by atoms with Gasteiger partial charge in [0.05, 0.1) is 5.41 Å². The Morgan fingerprint density at radius 3 is 2.00 bits per heavy atom. The molecule has 1 fully saturated rings. The molecule has 0 radical (unpaired) electrons. The van der Waals surface area contributed by atoms with Crippen molar-refractivity contribution in [2.24, 2.45) is 0 Å². The summed E-state index contributed by atoms with van der Waals surface area (Å²) in [4.78, 5) is 36.8. The average molecular weight is 543 g/mol. The fourth-order valence-electron chi connectivity index (χ4n) is 5.66. The van der Waals surface area contributed by atoms with Gasteiger partial charge in [0.15, 0.2) is 0 Å². The molecular weight excluding hydrogens is 508 g/mol. The van der Waals surface area contributed by atoms with Crippen molar-refractivity contribution in [2.75, 3.05) is 6.61 Å². The van der Waals surface area contributed by atoms with Crippen LogP contribution in [0.3, 0.4) is 0 Å². The molecule has 3 aromatic carbocycles. The van der Waals surface area contributed by atoms with Gasteiger partial charge < -0.3 is 25.2 Å². The molecule has 0 heterocycles. The minimum atomic E-state index is -1.07. The van der Waals surface area contributed by atoms with Gasteiger partial charge in [0.2, 0.25) is 0 Å². The van der Waals surface area contributed by atoms with Crippen LogP contribution >= 0.6 is 0 Å². The summed E-state index contributed by atoms with van der Waals surface area (Å²) in [5, 5.41) is 15.5. The molecule has 3 aromatic rings. The van der Waals surface area contributed by atoms with E-state index in [0.29, 0.717) is 5.56 Å². The van der Waals surface area contributed by atoms with Gasteiger partial charge >= 0.3 is 18.2 Å². The molecule has 0 unspecified atom stereocenters. The number of nitrogens with one attached hydrogen (secondary N) is 2. The lowest BCUT2D eigenvalue weighted by Gasteiger charge is -2.45. The number of hydrogen-bond donors (Lipinski definition) is 3. The third kappa shape index (κ3) is 5.52. The van der Waals surface area contributed by atoms with Crippen molar-refractivity contribution in [2.45, 2.75) is 63.1 Å². The molecule has 40 heavy (non-hydrogen) atoms. The predicted molar refractivity (Wildman–Crippen MR) is 150 cm³/mol. The highest BCUT2D eigenvalue weighted by molar-refractivity contribution is 5.84. The van der Waals surface area contributed by atoms with Gasteiger partial charge in [0.1, 0.15) is 12.2 Å². The van der Waals surface area contributed by atoms with Crippen LogP contribution in [-0.2, 0) is 26.2 Å². The molecule has 8 nitrogen and oxygen atoms in total. The smallest absolute Gasteiger partial charge is 0.407 e. The Morgan fingerprint density at radius 1 is 0.875 bits per heavy atom. The lowest BCUT2D eigenvalue weighted by Crippen LogP contribution is -2.57. The SMILES string of the molecule is CC(C)(C)OC(=O)NC1CC(C(=O)O)(c2ccc(CNC(=O)OCC3c4ccccc4-c4ccccc43)cc2)C1. The number of rotatable bonds is 7. The summed E-state index contributed by atoms with van der Waals surface area (Å²) < 4.78 is 10.9. The van der Waals surface area contributed by atoms with Gasteiger partial charge in [-0.1, -0.05) is 72.8 Å². The zero-order chi connectivity index (χ0) is 28.5. The van der Waals surface area contributed by atoms with Gasteiger partial charge in [-0.2, -0.15) is 0 Å². The Bertz CT molecular complexity index is 1370. The third-order valence-corrected chi connectivity index (χ3v) is 7.61. The van der Waals surface area contributed by atoms with Crippen LogP contribution in [0.15, 0.2) is 72.8 Å². The minimum absolute atomic E-state index is 0.0132. The van der Waals surface area contributed by atoms with Gasteiger partial charge in [-0.05, 0) is 67.0 Å². The third-order valence-electron chi connectivity index (χ3n) is 7.61. The van der Waals surface area contributed by atoms with Crippen molar-refractivity contribution in [3.63, 3.8) is 0 Å². The number of ether oxygens (including phenoxy) is 2. The first kappa shape index (κ1) is 27.2. The molecule has 2 aliphatic carbocycles. The largest absolute Gasteiger partial charge is 0.481 e. The van der Waals surface area contributed by atoms with E-state index in [1.54, 1.807) is 45.0 Å². The van der Waals surface area contributed by atoms with E-state index in [9.17, 15) is 19.5 Å². The highest BCUT2D eigenvalue weighted by Crippen LogP contribution is 2.45. The molecule has 208 valence electrons. The maximum Gasteiger partial charge on any atom is 0.407 e. The molecular formula is C32H34N2O6. The molecule has 0 bridgehead atoms. The van der Waals surface area contributed by atoms with E-state index in [1.165, 1.54) is 11.1 Å². The molecule has 3 N–H and O–H groups in total.